The summed E-state index contributed by atoms with van der Waals surface area (Å²) in [4.78, 5) is 0. The fourth-order valence-electron chi connectivity index (χ4n) is 2.54. The average Bonchev–Trinajstić information content (AvgIpc) is 2.19. The van der Waals surface area contributed by atoms with Gasteiger partial charge in [0, 0.05) is 19.2 Å². The molecule has 0 bridgehead atoms. The van der Waals surface area contributed by atoms with Crippen LogP contribution in [0, 0.1) is 13.8 Å². The van der Waals surface area contributed by atoms with Crippen LogP contribution in [-0.4, -0.2) is 18.8 Å². The SMILES string of the molecule is CCOC1CC(NCc2cc(C)cc(C)c2)C1. The molecule has 2 nitrogen and oxygen atoms in total. The molecule has 0 amide bonds. The van der Waals surface area contributed by atoms with E-state index >= 15 is 0 Å². The Bertz CT molecular complexity index is 349. The van der Waals surface area contributed by atoms with E-state index in [4.69, 9.17) is 4.74 Å². The molecule has 17 heavy (non-hydrogen) atoms. The zero-order valence-corrected chi connectivity index (χ0v) is 11.1. The monoisotopic (exact) mass is 233 g/mol. The van der Waals surface area contributed by atoms with Crippen LogP contribution in [0.15, 0.2) is 18.2 Å². The minimum atomic E-state index is 0.497. The summed E-state index contributed by atoms with van der Waals surface area (Å²) in [5, 5.41) is 3.60. The van der Waals surface area contributed by atoms with Gasteiger partial charge in [-0.1, -0.05) is 29.3 Å². The molecule has 0 spiro atoms. The molecule has 0 aliphatic heterocycles. The molecule has 0 saturated heterocycles. The first-order valence-electron chi connectivity index (χ1n) is 6.59. The van der Waals surface area contributed by atoms with Gasteiger partial charge in [0.2, 0.25) is 0 Å². The van der Waals surface area contributed by atoms with Gasteiger partial charge in [-0.15, -0.1) is 0 Å². The smallest absolute Gasteiger partial charge is 0.0604 e. The van der Waals surface area contributed by atoms with Gasteiger partial charge < -0.3 is 10.1 Å². The largest absolute Gasteiger partial charge is 0.378 e. The zero-order chi connectivity index (χ0) is 12.3. The first-order chi connectivity index (χ1) is 8.17. The van der Waals surface area contributed by atoms with Crippen molar-refractivity contribution in [2.75, 3.05) is 6.61 Å². The standard InChI is InChI=1S/C15H23NO/c1-4-17-15-8-14(9-15)16-10-13-6-11(2)5-12(3)7-13/h5-7,14-16H,4,8-10H2,1-3H3. The maximum atomic E-state index is 5.56. The molecule has 0 aromatic heterocycles. The Balaban J connectivity index is 1.76. The fourth-order valence-corrected chi connectivity index (χ4v) is 2.54. The van der Waals surface area contributed by atoms with Crippen molar-refractivity contribution in [1.82, 2.24) is 5.32 Å². The fraction of sp³-hybridized carbons (Fsp3) is 0.600. The van der Waals surface area contributed by atoms with E-state index in [2.05, 4.69) is 44.3 Å². The summed E-state index contributed by atoms with van der Waals surface area (Å²) in [6, 6.07) is 7.39. The van der Waals surface area contributed by atoms with Gasteiger partial charge in [0.15, 0.2) is 0 Å². The third-order valence-corrected chi connectivity index (χ3v) is 3.37. The van der Waals surface area contributed by atoms with Crippen LogP contribution < -0.4 is 5.32 Å². The average molecular weight is 233 g/mol. The molecule has 1 N–H and O–H groups in total. The second kappa shape index (κ2) is 5.65. The molecule has 1 aromatic rings. The van der Waals surface area contributed by atoms with Crippen molar-refractivity contribution in [2.45, 2.75) is 52.3 Å². The lowest BCUT2D eigenvalue weighted by Gasteiger charge is -2.35. The minimum absolute atomic E-state index is 0.497. The molecule has 0 radical (unpaired) electrons. The van der Waals surface area contributed by atoms with Crippen molar-refractivity contribution >= 4 is 0 Å². The van der Waals surface area contributed by atoms with E-state index < -0.39 is 0 Å². The van der Waals surface area contributed by atoms with E-state index in [1.54, 1.807) is 0 Å². The van der Waals surface area contributed by atoms with Crippen LogP contribution in [0.1, 0.15) is 36.5 Å². The highest BCUT2D eigenvalue weighted by Gasteiger charge is 2.28. The molecular weight excluding hydrogens is 210 g/mol. The second-order valence-electron chi connectivity index (χ2n) is 5.12. The molecule has 0 heterocycles. The van der Waals surface area contributed by atoms with E-state index in [-0.39, 0.29) is 0 Å². The zero-order valence-electron chi connectivity index (χ0n) is 11.1. The number of ether oxygens (including phenoxy) is 1. The maximum absolute atomic E-state index is 5.56. The van der Waals surface area contributed by atoms with Gasteiger partial charge in [-0.2, -0.15) is 0 Å². The lowest BCUT2D eigenvalue weighted by atomic mass is 9.89. The summed E-state index contributed by atoms with van der Waals surface area (Å²) in [5.74, 6) is 0. The van der Waals surface area contributed by atoms with Crippen molar-refractivity contribution in [3.8, 4) is 0 Å². The summed E-state index contributed by atoms with van der Waals surface area (Å²) in [7, 11) is 0. The molecule has 1 fully saturated rings. The van der Waals surface area contributed by atoms with Crippen LogP contribution in [-0.2, 0) is 11.3 Å². The Morgan fingerprint density at radius 1 is 1.18 bits per heavy atom. The Kier molecular flexibility index (Phi) is 4.19. The van der Waals surface area contributed by atoms with Crippen molar-refractivity contribution in [3.63, 3.8) is 0 Å². The molecule has 1 aliphatic carbocycles. The Labute approximate surface area is 104 Å². The summed E-state index contributed by atoms with van der Waals surface area (Å²) in [6.07, 6.45) is 2.83. The van der Waals surface area contributed by atoms with E-state index in [9.17, 15) is 0 Å². The predicted octanol–water partition coefficient (Wildman–Crippen LogP) is 2.96. The van der Waals surface area contributed by atoms with Crippen LogP contribution in [0.4, 0.5) is 0 Å². The first kappa shape index (κ1) is 12.6. The number of benzene rings is 1. The Morgan fingerprint density at radius 2 is 1.82 bits per heavy atom. The highest BCUT2D eigenvalue weighted by atomic mass is 16.5. The van der Waals surface area contributed by atoms with Gasteiger partial charge >= 0.3 is 0 Å². The molecule has 0 unspecified atom stereocenters. The van der Waals surface area contributed by atoms with E-state index in [0.29, 0.717) is 12.1 Å². The van der Waals surface area contributed by atoms with Crippen LogP contribution in [0.2, 0.25) is 0 Å². The predicted molar refractivity (Wildman–Crippen MR) is 71.2 cm³/mol. The molecule has 94 valence electrons. The molecule has 0 atom stereocenters. The van der Waals surface area contributed by atoms with Gasteiger partial charge in [0.05, 0.1) is 6.10 Å². The van der Waals surface area contributed by atoms with Crippen LogP contribution in [0.3, 0.4) is 0 Å². The minimum Gasteiger partial charge on any atom is -0.378 e. The summed E-state index contributed by atoms with van der Waals surface area (Å²) < 4.78 is 5.56. The molecule has 1 aromatic carbocycles. The maximum Gasteiger partial charge on any atom is 0.0604 e. The number of hydrogen-bond acceptors (Lipinski definition) is 2. The molecule has 2 heteroatoms. The molecular formula is C15H23NO. The van der Waals surface area contributed by atoms with Gasteiger partial charge in [0.25, 0.3) is 0 Å². The molecule has 1 saturated carbocycles. The van der Waals surface area contributed by atoms with E-state index in [1.165, 1.54) is 29.5 Å². The van der Waals surface area contributed by atoms with Gasteiger partial charge in [-0.05, 0) is 39.2 Å². The van der Waals surface area contributed by atoms with Gasteiger partial charge in [0.1, 0.15) is 0 Å². The first-order valence-corrected chi connectivity index (χ1v) is 6.59. The number of nitrogens with one attached hydrogen (secondary N) is 1. The normalized spacial score (nSPS) is 23.5. The van der Waals surface area contributed by atoms with Crippen LogP contribution >= 0.6 is 0 Å². The highest BCUT2D eigenvalue weighted by molar-refractivity contribution is 5.28. The molecule has 1 aliphatic rings. The van der Waals surface area contributed by atoms with Crippen molar-refractivity contribution in [2.24, 2.45) is 0 Å². The summed E-state index contributed by atoms with van der Waals surface area (Å²) in [5.41, 5.74) is 4.09. The number of hydrogen-bond donors (Lipinski definition) is 1. The van der Waals surface area contributed by atoms with Crippen molar-refractivity contribution in [1.29, 1.82) is 0 Å². The number of rotatable bonds is 5. The van der Waals surface area contributed by atoms with Crippen LogP contribution in [0.25, 0.3) is 0 Å². The summed E-state index contributed by atoms with van der Waals surface area (Å²) in [6.45, 7) is 8.20. The van der Waals surface area contributed by atoms with E-state index in [1.807, 2.05) is 0 Å². The molecule has 2 rings (SSSR count). The second-order valence-corrected chi connectivity index (χ2v) is 5.12. The summed E-state index contributed by atoms with van der Waals surface area (Å²) >= 11 is 0. The lowest BCUT2D eigenvalue weighted by Crippen LogP contribution is -2.45. The van der Waals surface area contributed by atoms with Gasteiger partial charge in [-0.3, -0.25) is 0 Å². The van der Waals surface area contributed by atoms with Gasteiger partial charge in [-0.25, -0.2) is 0 Å². The number of aryl methyl sites for hydroxylation is 2. The van der Waals surface area contributed by atoms with Crippen molar-refractivity contribution < 1.29 is 4.74 Å². The highest BCUT2D eigenvalue weighted by Crippen LogP contribution is 2.23. The topological polar surface area (TPSA) is 21.3 Å². The van der Waals surface area contributed by atoms with Crippen molar-refractivity contribution in [3.05, 3.63) is 34.9 Å². The Hall–Kier alpha value is -0.860. The Morgan fingerprint density at radius 3 is 2.41 bits per heavy atom. The quantitative estimate of drug-likeness (QED) is 0.844. The third-order valence-electron chi connectivity index (χ3n) is 3.37. The lowest BCUT2D eigenvalue weighted by molar-refractivity contribution is -0.0102. The third kappa shape index (κ3) is 3.55. The van der Waals surface area contributed by atoms with Crippen LogP contribution in [0.5, 0.6) is 0 Å². The van der Waals surface area contributed by atoms with E-state index in [0.717, 1.165) is 13.2 Å².